The smallest absolute Gasteiger partial charge is 0.336 e. The summed E-state index contributed by atoms with van der Waals surface area (Å²) in [6, 6.07) is 7.66. The van der Waals surface area contributed by atoms with Crippen molar-refractivity contribution in [3.63, 3.8) is 0 Å². The summed E-state index contributed by atoms with van der Waals surface area (Å²) in [5.41, 5.74) is -0.0993. The molecule has 1 fully saturated rings. The van der Waals surface area contributed by atoms with Crippen LogP contribution in [0.3, 0.4) is 0 Å². The number of nitrogens with one attached hydrogen (secondary N) is 1. The molecule has 0 amide bonds. The number of carbonyl (C=O) groups excluding carboxylic acids is 3. The number of ether oxygens (including phenoxy) is 3. The molecule has 7 heteroatoms. The molecule has 1 heterocycles. The summed E-state index contributed by atoms with van der Waals surface area (Å²) in [6.45, 7) is 13.1. The van der Waals surface area contributed by atoms with Gasteiger partial charge in [0.2, 0.25) is 0 Å². The molecular formula is C26H33NO6. The summed E-state index contributed by atoms with van der Waals surface area (Å²) >= 11 is 0. The zero-order valence-corrected chi connectivity index (χ0v) is 20.4. The Labute approximate surface area is 194 Å². The van der Waals surface area contributed by atoms with E-state index in [1.165, 1.54) is 0 Å². The van der Waals surface area contributed by atoms with Gasteiger partial charge in [0, 0.05) is 17.5 Å². The van der Waals surface area contributed by atoms with Gasteiger partial charge in [-0.2, -0.15) is 0 Å². The number of esters is 3. The van der Waals surface area contributed by atoms with Gasteiger partial charge in [0.15, 0.2) is 0 Å². The fourth-order valence-corrected chi connectivity index (χ4v) is 6.45. The van der Waals surface area contributed by atoms with Gasteiger partial charge >= 0.3 is 17.9 Å². The molecule has 4 rings (SSSR count). The van der Waals surface area contributed by atoms with Gasteiger partial charge in [0.05, 0.1) is 30.2 Å². The van der Waals surface area contributed by atoms with Crippen LogP contribution in [0.2, 0.25) is 0 Å². The standard InChI is InChI=1S/C26H33NO6/c1-8-31-21(28)17-14(3)27-25(7)20(22(29)33-24(4,5)6)19-16-13-11-10-12-15(16)18(17)26(19,25)23(30)32-9-2/h10-13,18-20,27H,8-9H2,1-7H3. The molecule has 1 aliphatic heterocycles. The molecule has 1 saturated carbocycles. The van der Waals surface area contributed by atoms with E-state index in [9.17, 15) is 14.4 Å². The number of rotatable bonds is 5. The van der Waals surface area contributed by atoms with Gasteiger partial charge in [0.25, 0.3) is 0 Å². The minimum Gasteiger partial charge on any atom is -0.465 e. The number of benzene rings is 1. The first-order chi connectivity index (χ1) is 15.5. The SMILES string of the molecule is CCOC(=O)C1=C(C)NC2(C)C(C(=O)OC(C)(C)C)C3c4ccccc4C1C32C(=O)OCC. The molecule has 7 nitrogen and oxygen atoms in total. The van der Waals surface area contributed by atoms with E-state index in [2.05, 4.69) is 5.32 Å². The Morgan fingerprint density at radius 1 is 1.03 bits per heavy atom. The van der Waals surface area contributed by atoms with Crippen LogP contribution in [0, 0.1) is 11.3 Å². The predicted molar refractivity (Wildman–Crippen MR) is 121 cm³/mol. The minimum absolute atomic E-state index is 0.195. The van der Waals surface area contributed by atoms with Crippen molar-refractivity contribution in [1.29, 1.82) is 0 Å². The van der Waals surface area contributed by atoms with Gasteiger partial charge in [-0.05, 0) is 59.6 Å². The normalized spacial score (nSPS) is 31.5. The van der Waals surface area contributed by atoms with Gasteiger partial charge in [-0.1, -0.05) is 24.3 Å². The fraction of sp³-hybridized carbons (Fsp3) is 0.577. The van der Waals surface area contributed by atoms with E-state index < -0.39 is 46.2 Å². The van der Waals surface area contributed by atoms with Crippen LogP contribution < -0.4 is 5.32 Å². The highest BCUT2D eigenvalue weighted by molar-refractivity contribution is 6.00. The lowest BCUT2D eigenvalue weighted by molar-refractivity contribution is -0.205. The van der Waals surface area contributed by atoms with Gasteiger partial charge in [-0.15, -0.1) is 0 Å². The summed E-state index contributed by atoms with van der Waals surface area (Å²) in [6.07, 6.45) is 0. The molecule has 0 spiro atoms. The van der Waals surface area contributed by atoms with E-state index in [1.54, 1.807) is 20.8 Å². The van der Waals surface area contributed by atoms with E-state index >= 15 is 0 Å². The second kappa shape index (κ2) is 7.61. The van der Waals surface area contributed by atoms with Crippen LogP contribution in [0.25, 0.3) is 0 Å². The van der Waals surface area contributed by atoms with E-state index in [-0.39, 0.29) is 19.2 Å². The lowest BCUT2D eigenvalue weighted by atomic mass is 9.38. The third-order valence-electron chi connectivity index (χ3n) is 7.31. The van der Waals surface area contributed by atoms with E-state index in [0.717, 1.165) is 11.1 Å². The Hall–Kier alpha value is -2.83. The highest BCUT2D eigenvalue weighted by Gasteiger charge is 2.84. The lowest BCUT2D eigenvalue weighted by Gasteiger charge is -2.67. The number of hydrogen-bond acceptors (Lipinski definition) is 7. The molecule has 0 bridgehead atoms. The number of allylic oxidation sites excluding steroid dienone is 1. The molecule has 1 N–H and O–H groups in total. The van der Waals surface area contributed by atoms with Gasteiger partial charge in [-0.3, -0.25) is 9.59 Å². The van der Waals surface area contributed by atoms with Gasteiger partial charge < -0.3 is 19.5 Å². The van der Waals surface area contributed by atoms with Crippen LogP contribution in [0.5, 0.6) is 0 Å². The molecule has 0 radical (unpaired) electrons. The summed E-state index contributed by atoms with van der Waals surface area (Å²) in [7, 11) is 0. The van der Waals surface area contributed by atoms with Gasteiger partial charge in [-0.25, -0.2) is 4.79 Å². The van der Waals surface area contributed by atoms with Crippen molar-refractivity contribution in [3.8, 4) is 0 Å². The zero-order valence-electron chi connectivity index (χ0n) is 20.4. The van der Waals surface area contributed by atoms with Crippen LogP contribution in [-0.4, -0.2) is 42.3 Å². The molecule has 5 unspecified atom stereocenters. The first-order valence-electron chi connectivity index (χ1n) is 11.6. The quantitative estimate of drug-likeness (QED) is 0.536. The van der Waals surface area contributed by atoms with E-state index in [1.807, 2.05) is 52.0 Å². The van der Waals surface area contributed by atoms with Gasteiger partial charge in [0.1, 0.15) is 11.0 Å². The topological polar surface area (TPSA) is 90.9 Å². The first-order valence-corrected chi connectivity index (χ1v) is 11.6. The van der Waals surface area contributed by atoms with Crippen molar-refractivity contribution in [2.24, 2.45) is 11.3 Å². The molecule has 3 aliphatic rings. The number of fused-ring (bicyclic) bond motifs is 3. The monoisotopic (exact) mass is 455 g/mol. The van der Waals surface area contributed by atoms with Crippen molar-refractivity contribution >= 4 is 17.9 Å². The molecule has 1 aromatic rings. The Kier molecular flexibility index (Phi) is 5.38. The Morgan fingerprint density at radius 3 is 2.21 bits per heavy atom. The van der Waals surface area contributed by atoms with Crippen LogP contribution in [-0.2, 0) is 28.6 Å². The largest absolute Gasteiger partial charge is 0.465 e. The molecule has 0 aromatic heterocycles. The second-order valence-corrected chi connectivity index (χ2v) is 10.2. The maximum atomic E-state index is 13.8. The zero-order chi connectivity index (χ0) is 24.3. The van der Waals surface area contributed by atoms with Crippen molar-refractivity contribution in [3.05, 3.63) is 46.7 Å². The molecular weight excluding hydrogens is 422 g/mol. The summed E-state index contributed by atoms with van der Waals surface area (Å²) < 4.78 is 16.8. The van der Waals surface area contributed by atoms with E-state index in [4.69, 9.17) is 14.2 Å². The fourth-order valence-electron chi connectivity index (χ4n) is 6.45. The highest BCUT2D eigenvalue weighted by atomic mass is 16.6. The maximum absolute atomic E-state index is 13.8. The van der Waals surface area contributed by atoms with Crippen LogP contribution in [0.1, 0.15) is 71.4 Å². The van der Waals surface area contributed by atoms with Crippen molar-refractivity contribution in [1.82, 2.24) is 5.32 Å². The first kappa shape index (κ1) is 23.3. The maximum Gasteiger partial charge on any atom is 0.336 e. The van der Waals surface area contributed by atoms with Crippen molar-refractivity contribution in [2.75, 3.05) is 13.2 Å². The molecule has 1 aromatic carbocycles. The summed E-state index contributed by atoms with van der Waals surface area (Å²) in [5.74, 6) is -2.95. The van der Waals surface area contributed by atoms with Crippen LogP contribution in [0.15, 0.2) is 35.5 Å². The third kappa shape index (κ3) is 2.97. The number of carbonyl (C=O) groups is 3. The van der Waals surface area contributed by atoms with Crippen LogP contribution >= 0.6 is 0 Å². The Balaban J connectivity index is 1.99. The molecule has 0 saturated heterocycles. The number of hydrogen-bond donors (Lipinski definition) is 1. The molecule has 5 atom stereocenters. The average Bonchev–Trinajstić information content (AvgIpc) is 2.97. The molecule has 33 heavy (non-hydrogen) atoms. The summed E-state index contributed by atoms with van der Waals surface area (Å²) in [4.78, 5) is 40.5. The highest BCUT2D eigenvalue weighted by Crippen LogP contribution is 2.77. The van der Waals surface area contributed by atoms with Crippen molar-refractivity contribution in [2.45, 2.75) is 71.4 Å². The Bertz CT molecular complexity index is 1050. The molecule has 2 aliphatic carbocycles. The Morgan fingerprint density at radius 2 is 1.64 bits per heavy atom. The minimum atomic E-state index is -1.17. The third-order valence-corrected chi connectivity index (χ3v) is 7.31. The predicted octanol–water partition coefficient (Wildman–Crippen LogP) is 3.59. The lowest BCUT2D eigenvalue weighted by Crippen LogP contribution is -2.80. The second-order valence-electron chi connectivity index (χ2n) is 10.2. The molecule has 178 valence electrons. The average molecular weight is 456 g/mol. The van der Waals surface area contributed by atoms with E-state index in [0.29, 0.717) is 11.3 Å². The summed E-state index contributed by atoms with van der Waals surface area (Å²) in [5, 5.41) is 3.39. The van der Waals surface area contributed by atoms with Crippen LogP contribution in [0.4, 0.5) is 0 Å². The van der Waals surface area contributed by atoms with Crippen molar-refractivity contribution < 1.29 is 28.6 Å².